The van der Waals surface area contributed by atoms with Crippen LogP contribution in [0.15, 0.2) is 41.3 Å². The highest BCUT2D eigenvalue weighted by molar-refractivity contribution is 6.31. The Bertz CT molecular complexity index is 1620. The normalized spacial score (nSPS) is 11.6. The van der Waals surface area contributed by atoms with Crippen LogP contribution in [0.5, 0.6) is 5.88 Å². The Kier molecular flexibility index (Phi) is 7.31. The van der Waals surface area contributed by atoms with Crippen LogP contribution in [-0.4, -0.2) is 24.6 Å². The molecule has 0 aliphatic rings. The van der Waals surface area contributed by atoms with Crippen molar-refractivity contribution in [3.63, 3.8) is 0 Å². The SMILES string of the molecule is Cc1cc(COc2nc(C)n(-c3cc(-c4nc(C(C)(C)O)ncc4F)ccc3C)c(=O)c2Cl)c(F)cc1F. The first kappa shape index (κ1) is 27.3. The van der Waals surface area contributed by atoms with Crippen LogP contribution in [-0.2, 0) is 12.2 Å². The van der Waals surface area contributed by atoms with Gasteiger partial charge in [-0.15, -0.1) is 0 Å². The standard InChI is InChI=1S/C27H24ClF3N4O3/c1-13-6-7-16(23-20(31)11-32-26(34-23)27(4,5)37)9-21(13)35-15(3)33-24(22(28)25(35)36)38-12-17-8-14(2)18(29)10-19(17)30/h6-11,37H,12H2,1-5H3. The van der Waals surface area contributed by atoms with Crippen molar-refractivity contribution in [1.82, 2.24) is 19.5 Å². The minimum absolute atomic E-state index is 0.0309. The highest BCUT2D eigenvalue weighted by Gasteiger charge is 2.23. The summed E-state index contributed by atoms with van der Waals surface area (Å²) in [5.41, 5.74) is -0.441. The monoisotopic (exact) mass is 544 g/mol. The fourth-order valence-electron chi connectivity index (χ4n) is 3.80. The van der Waals surface area contributed by atoms with Crippen LogP contribution in [0.2, 0.25) is 5.02 Å². The molecule has 0 atom stereocenters. The van der Waals surface area contributed by atoms with Crippen molar-refractivity contribution in [2.75, 3.05) is 0 Å². The number of hydrogen-bond donors (Lipinski definition) is 1. The molecule has 11 heteroatoms. The molecule has 0 saturated heterocycles. The molecular weight excluding hydrogens is 521 g/mol. The molecule has 0 fully saturated rings. The maximum absolute atomic E-state index is 14.7. The van der Waals surface area contributed by atoms with Gasteiger partial charge in [0.1, 0.15) is 35.4 Å². The van der Waals surface area contributed by atoms with E-state index in [9.17, 15) is 23.1 Å². The number of halogens is 4. The smallest absolute Gasteiger partial charge is 0.280 e. The van der Waals surface area contributed by atoms with E-state index in [0.717, 1.165) is 12.3 Å². The molecule has 0 unspecified atom stereocenters. The second-order valence-electron chi connectivity index (χ2n) is 9.35. The van der Waals surface area contributed by atoms with Gasteiger partial charge in [-0.1, -0.05) is 23.7 Å². The van der Waals surface area contributed by atoms with Gasteiger partial charge in [0.2, 0.25) is 5.88 Å². The molecule has 2 aromatic heterocycles. The molecule has 0 amide bonds. The van der Waals surface area contributed by atoms with Crippen LogP contribution in [0.3, 0.4) is 0 Å². The Hall–Kier alpha value is -3.76. The lowest BCUT2D eigenvalue weighted by Gasteiger charge is -2.18. The first-order chi connectivity index (χ1) is 17.8. The second kappa shape index (κ2) is 10.2. The average molecular weight is 545 g/mol. The molecule has 0 spiro atoms. The highest BCUT2D eigenvalue weighted by Crippen LogP contribution is 2.28. The molecule has 4 rings (SSSR count). The van der Waals surface area contributed by atoms with E-state index in [1.165, 1.54) is 31.4 Å². The van der Waals surface area contributed by atoms with Gasteiger partial charge in [-0.3, -0.25) is 9.36 Å². The molecule has 4 aromatic rings. The molecule has 38 heavy (non-hydrogen) atoms. The average Bonchev–Trinajstić information content (AvgIpc) is 2.84. The molecule has 0 aliphatic heterocycles. The predicted octanol–water partition coefficient (Wildman–Crippen LogP) is 5.49. The van der Waals surface area contributed by atoms with E-state index < -0.39 is 28.6 Å². The van der Waals surface area contributed by atoms with Gasteiger partial charge in [-0.2, -0.15) is 4.98 Å². The fraction of sp³-hybridized carbons (Fsp3) is 0.259. The third-order valence-corrected chi connectivity index (χ3v) is 6.20. The van der Waals surface area contributed by atoms with Gasteiger partial charge in [0.15, 0.2) is 16.7 Å². The molecule has 7 nitrogen and oxygen atoms in total. The van der Waals surface area contributed by atoms with E-state index in [4.69, 9.17) is 16.3 Å². The summed E-state index contributed by atoms with van der Waals surface area (Å²) in [6, 6.07) is 6.92. The molecule has 0 bridgehead atoms. The van der Waals surface area contributed by atoms with Crippen LogP contribution in [0, 0.1) is 38.2 Å². The van der Waals surface area contributed by atoms with Gasteiger partial charge < -0.3 is 9.84 Å². The van der Waals surface area contributed by atoms with Crippen molar-refractivity contribution in [2.45, 2.75) is 46.8 Å². The number of ether oxygens (including phenoxy) is 1. The van der Waals surface area contributed by atoms with Gasteiger partial charge in [0.25, 0.3) is 5.56 Å². The minimum atomic E-state index is -1.40. The molecule has 0 saturated carbocycles. The van der Waals surface area contributed by atoms with Gasteiger partial charge >= 0.3 is 0 Å². The van der Waals surface area contributed by atoms with Crippen LogP contribution in [0.1, 0.15) is 42.2 Å². The Morgan fingerprint density at radius 2 is 1.71 bits per heavy atom. The van der Waals surface area contributed by atoms with Crippen molar-refractivity contribution in [2.24, 2.45) is 0 Å². The van der Waals surface area contributed by atoms with Crippen LogP contribution in [0.25, 0.3) is 16.9 Å². The number of aliphatic hydroxyl groups is 1. The predicted molar refractivity (Wildman–Crippen MR) is 136 cm³/mol. The Labute approximate surface area is 221 Å². The Morgan fingerprint density at radius 3 is 2.39 bits per heavy atom. The van der Waals surface area contributed by atoms with Crippen LogP contribution in [0.4, 0.5) is 13.2 Å². The molecule has 0 radical (unpaired) electrons. The number of rotatable bonds is 6. The number of aromatic nitrogens is 4. The summed E-state index contributed by atoms with van der Waals surface area (Å²) in [5, 5.41) is 9.90. The zero-order valence-corrected chi connectivity index (χ0v) is 22.0. The zero-order valence-electron chi connectivity index (χ0n) is 21.2. The number of hydrogen-bond acceptors (Lipinski definition) is 6. The van der Waals surface area contributed by atoms with Gasteiger partial charge in [0, 0.05) is 17.2 Å². The number of benzene rings is 2. The van der Waals surface area contributed by atoms with Crippen molar-refractivity contribution in [1.29, 1.82) is 0 Å². The molecule has 0 aliphatic carbocycles. The Balaban J connectivity index is 1.75. The lowest BCUT2D eigenvalue weighted by molar-refractivity contribution is 0.0686. The van der Waals surface area contributed by atoms with Gasteiger partial charge in [-0.05, 0) is 57.9 Å². The maximum Gasteiger partial charge on any atom is 0.280 e. The van der Waals surface area contributed by atoms with E-state index >= 15 is 0 Å². The topological polar surface area (TPSA) is 90.1 Å². The molecular formula is C27H24ClF3N4O3. The van der Waals surface area contributed by atoms with Crippen LogP contribution < -0.4 is 10.3 Å². The molecule has 1 N–H and O–H groups in total. The minimum Gasteiger partial charge on any atom is -0.471 e. The third-order valence-electron chi connectivity index (χ3n) is 5.87. The number of nitrogens with zero attached hydrogens (tertiary/aromatic N) is 4. The number of aryl methyl sites for hydroxylation is 3. The van der Waals surface area contributed by atoms with E-state index in [-0.39, 0.29) is 46.0 Å². The van der Waals surface area contributed by atoms with Crippen LogP contribution >= 0.6 is 11.6 Å². The highest BCUT2D eigenvalue weighted by atomic mass is 35.5. The molecule has 2 heterocycles. The van der Waals surface area contributed by atoms with E-state index in [0.29, 0.717) is 16.8 Å². The summed E-state index contributed by atoms with van der Waals surface area (Å²) in [4.78, 5) is 25.6. The summed E-state index contributed by atoms with van der Waals surface area (Å²) >= 11 is 6.31. The van der Waals surface area contributed by atoms with Gasteiger partial charge in [-0.25, -0.2) is 23.1 Å². The third kappa shape index (κ3) is 5.27. The quantitative estimate of drug-likeness (QED) is 0.345. The van der Waals surface area contributed by atoms with Crippen molar-refractivity contribution >= 4 is 11.6 Å². The summed E-state index contributed by atoms with van der Waals surface area (Å²) in [5.74, 6) is -2.17. The van der Waals surface area contributed by atoms with Crippen molar-refractivity contribution in [3.05, 3.63) is 97.7 Å². The van der Waals surface area contributed by atoms with E-state index in [1.807, 2.05) is 0 Å². The zero-order chi connectivity index (χ0) is 27.9. The first-order valence-electron chi connectivity index (χ1n) is 11.5. The van der Waals surface area contributed by atoms with Crippen molar-refractivity contribution in [3.8, 4) is 22.8 Å². The van der Waals surface area contributed by atoms with Crippen molar-refractivity contribution < 1.29 is 23.0 Å². The Morgan fingerprint density at radius 1 is 1.00 bits per heavy atom. The summed E-state index contributed by atoms with van der Waals surface area (Å²) in [6.45, 7) is 7.43. The summed E-state index contributed by atoms with van der Waals surface area (Å²) < 4.78 is 49.1. The lowest BCUT2D eigenvalue weighted by Crippen LogP contribution is -2.24. The first-order valence-corrected chi connectivity index (χ1v) is 11.9. The van der Waals surface area contributed by atoms with E-state index in [2.05, 4.69) is 15.0 Å². The second-order valence-corrected chi connectivity index (χ2v) is 9.73. The molecule has 2 aromatic carbocycles. The fourth-order valence-corrected chi connectivity index (χ4v) is 3.98. The molecule has 198 valence electrons. The lowest BCUT2D eigenvalue weighted by atomic mass is 10.1. The maximum atomic E-state index is 14.7. The largest absolute Gasteiger partial charge is 0.471 e. The summed E-state index contributed by atoms with van der Waals surface area (Å²) in [6.07, 6.45) is 0.975. The summed E-state index contributed by atoms with van der Waals surface area (Å²) in [7, 11) is 0. The van der Waals surface area contributed by atoms with Gasteiger partial charge in [0.05, 0.1) is 11.9 Å². The van der Waals surface area contributed by atoms with E-state index in [1.54, 1.807) is 32.0 Å².